The van der Waals surface area contributed by atoms with E-state index in [4.69, 9.17) is 25.9 Å². The van der Waals surface area contributed by atoms with Crippen molar-refractivity contribution in [1.29, 1.82) is 0 Å². The first kappa shape index (κ1) is 17.1. The molecule has 0 unspecified atom stereocenters. The standard InChI is InChI=1S/C19H16ClNO4/c20-16-8-6-13(18-9-7-15(11-22)25-18)10-17(16)21-19(23)12-24-14-4-2-1-3-5-14/h1-10,22H,11-12H2,(H,21,23). The first-order valence-electron chi connectivity index (χ1n) is 7.63. The molecule has 6 heteroatoms. The maximum absolute atomic E-state index is 12.1. The van der Waals surface area contributed by atoms with Gasteiger partial charge in [0, 0.05) is 5.56 Å². The van der Waals surface area contributed by atoms with Gasteiger partial charge in [0.1, 0.15) is 23.9 Å². The van der Waals surface area contributed by atoms with Crippen LogP contribution in [0.1, 0.15) is 5.76 Å². The van der Waals surface area contributed by atoms with E-state index in [0.717, 1.165) is 5.56 Å². The van der Waals surface area contributed by atoms with E-state index in [9.17, 15) is 4.79 Å². The van der Waals surface area contributed by atoms with Gasteiger partial charge in [0.25, 0.3) is 5.91 Å². The minimum Gasteiger partial charge on any atom is -0.484 e. The number of amides is 1. The Morgan fingerprint density at radius 2 is 1.92 bits per heavy atom. The lowest BCUT2D eigenvalue weighted by molar-refractivity contribution is -0.118. The van der Waals surface area contributed by atoms with Crippen molar-refractivity contribution >= 4 is 23.2 Å². The Hall–Kier alpha value is -2.76. The van der Waals surface area contributed by atoms with E-state index in [2.05, 4.69) is 5.32 Å². The number of anilines is 1. The molecule has 128 valence electrons. The zero-order valence-electron chi connectivity index (χ0n) is 13.2. The van der Waals surface area contributed by atoms with Crippen LogP contribution in [0.25, 0.3) is 11.3 Å². The van der Waals surface area contributed by atoms with Crippen LogP contribution in [0.4, 0.5) is 5.69 Å². The quantitative estimate of drug-likeness (QED) is 0.696. The molecule has 0 bridgehead atoms. The van der Waals surface area contributed by atoms with Crippen LogP contribution in [0.15, 0.2) is 65.1 Å². The van der Waals surface area contributed by atoms with Gasteiger partial charge in [0.15, 0.2) is 6.61 Å². The van der Waals surface area contributed by atoms with Gasteiger partial charge in [0.05, 0.1) is 10.7 Å². The molecule has 0 spiro atoms. The molecule has 0 aliphatic heterocycles. The highest BCUT2D eigenvalue weighted by molar-refractivity contribution is 6.33. The molecule has 0 saturated carbocycles. The van der Waals surface area contributed by atoms with Crippen molar-refractivity contribution in [3.8, 4) is 17.1 Å². The van der Waals surface area contributed by atoms with Crippen molar-refractivity contribution in [2.45, 2.75) is 6.61 Å². The maximum atomic E-state index is 12.1. The summed E-state index contributed by atoms with van der Waals surface area (Å²) in [5.41, 5.74) is 1.20. The van der Waals surface area contributed by atoms with Crippen LogP contribution in [-0.2, 0) is 11.4 Å². The summed E-state index contributed by atoms with van der Waals surface area (Å²) < 4.78 is 10.9. The van der Waals surface area contributed by atoms with Gasteiger partial charge in [-0.1, -0.05) is 29.8 Å². The summed E-state index contributed by atoms with van der Waals surface area (Å²) in [6.45, 7) is -0.298. The lowest BCUT2D eigenvalue weighted by Crippen LogP contribution is -2.20. The average Bonchev–Trinajstić information content (AvgIpc) is 3.12. The Bertz CT molecular complexity index is 861. The van der Waals surface area contributed by atoms with Crippen LogP contribution < -0.4 is 10.1 Å². The van der Waals surface area contributed by atoms with E-state index in [1.54, 1.807) is 42.5 Å². The molecular formula is C19H16ClNO4. The fourth-order valence-corrected chi connectivity index (χ4v) is 2.41. The number of para-hydroxylation sites is 1. The minimum absolute atomic E-state index is 0.125. The molecule has 3 rings (SSSR count). The molecule has 0 fully saturated rings. The fourth-order valence-electron chi connectivity index (χ4n) is 2.24. The van der Waals surface area contributed by atoms with Gasteiger partial charge in [0.2, 0.25) is 0 Å². The Labute approximate surface area is 149 Å². The Morgan fingerprint density at radius 1 is 1.12 bits per heavy atom. The molecule has 5 nitrogen and oxygen atoms in total. The highest BCUT2D eigenvalue weighted by atomic mass is 35.5. The topological polar surface area (TPSA) is 71.7 Å². The normalized spacial score (nSPS) is 10.5. The number of aliphatic hydroxyl groups is 1. The number of carbonyl (C=O) groups excluding carboxylic acids is 1. The number of benzene rings is 2. The summed E-state index contributed by atoms with van der Waals surface area (Å²) in [6, 6.07) is 17.7. The van der Waals surface area contributed by atoms with Crippen molar-refractivity contribution in [3.05, 3.63) is 71.4 Å². The summed E-state index contributed by atoms with van der Waals surface area (Å²) >= 11 is 6.15. The number of ether oxygens (including phenoxy) is 1. The van der Waals surface area contributed by atoms with E-state index >= 15 is 0 Å². The molecule has 25 heavy (non-hydrogen) atoms. The molecule has 1 aromatic heterocycles. The van der Waals surface area contributed by atoms with Crippen molar-refractivity contribution in [2.75, 3.05) is 11.9 Å². The van der Waals surface area contributed by atoms with Crippen LogP contribution in [0.5, 0.6) is 5.75 Å². The van der Waals surface area contributed by atoms with Gasteiger partial charge in [-0.2, -0.15) is 0 Å². The Balaban J connectivity index is 1.69. The smallest absolute Gasteiger partial charge is 0.262 e. The lowest BCUT2D eigenvalue weighted by atomic mass is 10.1. The molecule has 1 amide bonds. The number of nitrogens with one attached hydrogen (secondary N) is 1. The van der Waals surface area contributed by atoms with Crippen LogP contribution in [-0.4, -0.2) is 17.6 Å². The largest absolute Gasteiger partial charge is 0.484 e. The lowest BCUT2D eigenvalue weighted by Gasteiger charge is -2.10. The highest BCUT2D eigenvalue weighted by Gasteiger charge is 2.11. The third kappa shape index (κ3) is 4.41. The number of carbonyl (C=O) groups is 1. The van der Waals surface area contributed by atoms with Crippen LogP contribution in [0, 0.1) is 0 Å². The molecular weight excluding hydrogens is 342 g/mol. The van der Waals surface area contributed by atoms with Crippen molar-refractivity contribution < 1.29 is 19.1 Å². The predicted molar refractivity (Wildman–Crippen MR) is 95.6 cm³/mol. The molecule has 0 atom stereocenters. The van der Waals surface area contributed by atoms with Gasteiger partial charge in [-0.05, 0) is 42.5 Å². The van der Waals surface area contributed by atoms with Gasteiger partial charge in [-0.25, -0.2) is 0 Å². The van der Waals surface area contributed by atoms with Crippen LogP contribution in [0.3, 0.4) is 0 Å². The maximum Gasteiger partial charge on any atom is 0.262 e. The third-order valence-corrected chi connectivity index (χ3v) is 3.79. The number of aliphatic hydroxyl groups excluding tert-OH is 1. The first-order chi connectivity index (χ1) is 12.2. The summed E-state index contributed by atoms with van der Waals surface area (Å²) in [5, 5.41) is 12.2. The molecule has 2 N–H and O–H groups in total. The monoisotopic (exact) mass is 357 g/mol. The molecule has 0 aliphatic rings. The second-order valence-corrected chi connectivity index (χ2v) is 5.68. The van der Waals surface area contributed by atoms with Crippen LogP contribution >= 0.6 is 11.6 Å². The SMILES string of the molecule is O=C(COc1ccccc1)Nc1cc(-c2ccc(CO)o2)ccc1Cl. The first-order valence-corrected chi connectivity index (χ1v) is 8.00. The average molecular weight is 358 g/mol. The zero-order valence-corrected chi connectivity index (χ0v) is 14.0. The molecule has 0 radical (unpaired) electrons. The van der Waals surface area contributed by atoms with Crippen molar-refractivity contribution in [2.24, 2.45) is 0 Å². The van der Waals surface area contributed by atoms with Crippen molar-refractivity contribution in [1.82, 2.24) is 0 Å². The predicted octanol–water partition coefficient (Wildman–Crippen LogP) is 4.11. The van der Waals surface area contributed by atoms with Gasteiger partial charge in [-0.15, -0.1) is 0 Å². The molecule has 0 saturated heterocycles. The highest BCUT2D eigenvalue weighted by Crippen LogP contribution is 2.30. The van der Waals surface area contributed by atoms with E-state index in [0.29, 0.717) is 28.0 Å². The summed E-state index contributed by atoms with van der Waals surface area (Å²) in [7, 11) is 0. The van der Waals surface area contributed by atoms with Gasteiger partial charge in [-0.3, -0.25) is 4.79 Å². The Morgan fingerprint density at radius 3 is 2.64 bits per heavy atom. The third-order valence-electron chi connectivity index (χ3n) is 3.46. The van der Waals surface area contributed by atoms with Gasteiger partial charge < -0.3 is 19.6 Å². The van der Waals surface area contributed by atoms with E-state index in [1.807, 2.05) is 18.2 Å². The fraction of sp³-hybridized carbons (Fsp3) is 0.105. The summed E-state index contributed by atoms with van der Waals surface area (Å²) in [5.74, 6) is 1.34. The van der Waals surface area contributed by atoms with E-state index in [-0.39, 0.29) is 19.1 Å². The van der Waals surface area contributed by atoms with E-state index < -0.39 is 0 Å². The Kier molecular flexibility index (Phi) is 5.38. The molecule has 1 heterocycles. The van der Waals surface area contributed by atoms with Crippen molar-refractivity contribution in [3.63, 3.8) is 0 Å². The summed E-state index contributed by atoms with van der Waals surface area (Å²) in [4.78, 5) is 12.1. The number of halogens is 1. The molecule has 0 aliphatic carbocycles. The number of hydrogen-bond acceptors (Lipinski definition) is 4. The zero-order chi connectivity index (χ0) is 17.6. The second kappa shape index (κ2) is 7.88. The minimum atomic E-state index is -0.321. The van der Waals surface area contributed by atoms with E-state index in [1.165, 1.54) is 0 Å². The molecule has 3 aromatic rings. The molecule has 2 aromatic carbocycles. The second-order valence-electron chi connectivity index (χ2n) is 5.27. The summed E-state index contributed by atoms with van der Waals surface area (Å²) in [6.07, 6.45) is 0. The number of hydrogen-bond donors (Lipinski definition) is 2. The number of furan rings is 1. The van der Waals surface area contributed by atoms with Crippen LogP contribution in [0.2, 0.25) is 5.02 Å². The van der Waals surface area contributed by atoms with Gasteiger partial charge >= 0.3 is 0 Å². The number of rotatable bonds is 6.